The van der Waals surface area contributed by atoms with Crippen LogP contribution >= 0.6 is 23.1 Å². The molecule has 0 spiro atoms. The first-order valence-electron chi connectivity index (χ1n) is 10.0. The Morgan fingerprint density at radius 3 is 2.72 bits per heavy atom. The second-order valence-corrected chi connectivity index (χ2v) is 9.21. The number of carbonyl (C=O) groups excluding carboxylic acids is 1. The molecule has 0 saturated heterocycles. The summed E-state index contributed by atoms with van der Waals surface area (Å²) < 4.78 is 16.3. The number of aromatic nitrogens is 4. The van der Waals surface area contributed by atoms with Crippen LogP contribution in [-0.4, -0.2) is 43.4 Å². The number of nitrogens with zero attached hydrogens (tertiary/aromatic N) is 5. The van der Waals surface area contributed by atoms with Gasteiger partial charge in [0, 0.05) is 19.2 Å². The molecule has 32 heavy (non-hydrogen) atoms. The summed E-state index contributed by atoms with van der Waals surface area (Å²) in [5.41, 5.74) is 1.70. The van der Waals surface area contributed by atoms with Gasteiger partial charge in [0.1, 0.15) is 10.8 Å². The zero-order chi connectivity index (χ0) is 22.7. The molecule has 0 radical (unpaired) electrons. The largest absolute Gasteiger partial charge is 0.336 e. The van der Waals surface area contributed by atoms with Gasteiger partial charge in [-0.1, -0.05) is 30.0 Å². The summed E-state index contributed by atoms with van der Waals surface area (Å²) in [5.74, 6) is 0.480. The van der Waals surface area contributed by atoms with E-state index in [4.69, 9.17) is 0 Å². The Balaban J connectivity index is 1.47. The fourth-order valence-corrected chi connectivity index (χ4v) is 5.11. The van der Waals surface area contributed by atoms with E-state index in [9.17, 15) is 9.18 Å². The number of rotatable bonds is 8. The summed E-state index contributed by atoms with van der Waals surface area (Å²) in [5, 5.41) is 10.0. The van der Waals surface area contributed by atoms with Crippen LogP contribution in [0.25, 0.3) is 21.6 Å². The van der Waals surface area contributed by atoms with Crippen LogP contribution in [0.2, 0.25) is 0 Å². The molecular formula is C23H22FN5OS2. The van der Waals surface area contributed by atoms with E-state index in [0.717, 1.165) is 20.8 Å². The van der Waals surface area contributed by atoms with Gasteiger partial charge >= 0.3 is 0 Å². The Labute approximate surface area is 193 Å². The van der Waals surface area contributed by atoms with Crippen LogP contribution in [0.15, 0.2) is 66.3 Å². The van der Waals surface area contributed by atoms with Crippen molar-refractivity contribution in [3.63, 3.8) is 0 Å². The fraction of sp³-hybridized carbons (Fsp3) is 0.217. The molecule has 164 valence electrons. The third-order valence-corrected chi connectivity index (χ3v) is 7.26. The van der Waals surface area contributed by atoms with Gasteiger partial charge in [0.05, 0.1) is 22.0 Å². The van der Waals surface area contributed by atoms with Crippen molar-refractivity contribution in [1.82, 2.24) is 24.6 Å². The Kier molecular flexibility index (Phi) is 6.66. The van der Waals surface area contributed by atoms with E-state index in [0.29, 0.717) is 17.5 Å². The molecule has 4 rings (SSSR count). The van der Waals surface area contributed by atoms with Crippen molar-refractivity contribution < 1.29 is 9.18 Å². The van der Waals surface area contributed by atoms with Gasteiger partial charge in [0.15, 0.2) is 11.0 Å². The maximum Gasteiger partial charge on any atom is 0.233 e. The van der Waals surface area contributed by atoms with Crippen molar-refractivity contribution in [2.45, 2.75) is 24.7 Å². The zero-order valence-electron chi connectivity index (χ0n) is 17.7. The SMILES string of the molecule is C=CCn1c(SCC(=O)N(C)[C@H](C)c2nc3ccccc3s2)nnc1-c1ccc(F)cc1. The molecule has 0 unspecified atom stereocenters. The molecule has 0 aliphatic heterocycles. The fourth-order valence-electron chi connectivity index (χ4n) is 3.18. The third-order valence-electron chi connectivity index (χ3n) is 5.10. The summed E-state index contributed by atoms with van der Waals surface area (Å²) in [6.45, 7) is 6.26. The van der Waals surface area contributed by atoms with Crippen molar-refractivity contribution in [2.75, 3.05) is 12.8 Å². The molecule has 0 saturated carbocycles. The van der Waals surface area contributed by atoms with E-state index in [1.807, 2.05) is 35.8 Å². The minimum atomic E-state index is -0.311. The second-order valence-electron chi connectivity index (χ2n) is 7.20. The van der Waals surface area contributed by atoms with E-state index >= 15 is 0 Å². The molecule has 0 bridgehead atoms. The highest BCUT2D eigenvalue weighted by Crippen LogP contribution is 2.30. The molecule has 2 aromatic carbocycles. The Morgan fingerprint density at radius 2 is 2.00 bits per heavy atom. The minimum absolute atomic E-state index is 0.0294. The smallest absolute Gasteiger partial charge is 0.233 e. The predicted molar refractivity (Wildman–Crippen MR) is 127 cm³/mol. The molecule has 1 amide bonds. The lowest BCUT2D eigenvalue weighted by atomic mass is 10.2. The molecule has 9 heteroatoms. The highest BCUT2D eigenvalue weighted by atomic mass is 32.2. The third kappa shape index (κ3) is 4.58. The van der Waals surface area contributed by atoms with Crippen molar-refractivity contribution in [2.24, 2.45) is 0 Å². The summed E-state index contributed by atoms with van der Waals surface area (Å²) >= 11 is 2.92. The van der Waals surface area contributed by atoms with Gasteiger partial charge in [-0.05, 0) is 43.3 Å². The highest BCUT2D eigenvalue weighted by Gasteiger charge is 2.22. The number of para-hydroxylation sites is 1. The van der Waals surface area contributed by atoms with Gasteiger partial charge in [-0.25, -0.2) is 9.37 Å². The predicted octanol–water partition coefficient (Wildman–Crippen LogP) is 5.19. The first-order chi connectivity index (χ1) is 15.5. The zero-order valence-corrected chi connectivity index (χ0v) is 19.4. The number of amides is 1. The number of thiazole rings is 1. The van der Waals surface area contributed by atoms with Gasteiger partial charge in [-0.3, -0.25) is 9.36 Å². The van der Waals surface area contributed by atoms with Crippen LogP contribution in [0.3, 0.4) is 0 Å². The van der Waals surface area contributed by atoms with Crippen LogP contribution in [0.5, 0.6) is 0 Å². The van der Waals surface area contributed by atoms with Crippen LogP contribution in [-0.2, 0) is 11.3 Å². The lowest BCUT2D eigenvalue weighted by Crippen LogP contribution is -2.31. The van der Waals surface area contributed by atoms with Crippen LogP contribution < -0.4 is 0 Å². The van der Waals surface area contributed by atoms with Crippen molar-refractivity contribution in [3.8, 4) is 11.4 Å². The Morgan fingerprint density at radius 1 is 1.25 bits per heavy atom. The lowest BCUT2D eigenvalue weighted by Gasteiger charge is -2.23. The van der Waals surface area contributed by atoms with E-state index in [1.165, 1.54) is 23.9 Å². The molecule has 0 N–H and O–H groups in total. The number of allylic oxidation sites excluding steroid dienone is 1. The molecule has 6 nitrogen and oxygen atoms in total. The average molecular weight is 468 g/mol. The molecule has 4 aromatic rings. The topological polar surface area (TPSA) is 63.9 Å². The van der Waals surface area contributed by atoms with E-state index in [-0.39, 0.29) is 23.5 Å². The maximum atomic E-state index is 13.3. The average Bonchev–Trinajstić information content (AvgIpc) is 3.41. The highest BCUT2D eigenvalue weighted by molar-refractivity contribution is 7.99. The number of thioether (sulfide) groups is 1. The molecule has 0 aliphatic carbocycles. The van der Waals surface area contributed by atoms with Gasteiger partial charge in [-0.15, -0.1) is 28.1 Å². The normalized spacial score (nSPS) is 12.1. The first kappa shape index (κ1) is 22.2. The standard InChI is InChI=1S/C23H22FN5OS2/c1-4-13-29-21(16-9-11-17(24)12-10-16)26-27-23(29)31-14-20(30)28(3)15(2)22-25-18-7-5-6-8-19(18)32-22/h4-12,15H,1,13-14H2,2-3H3/t15-/m1/s1. The summed E-state index contributed by atoms with van der Waals surface area (Å²) in [6.07, 6.45) is 1.74. The first-order valence-corrected chi connectivity index (χ1v) is 11.8. The summed E-state index contributed by atoms with van der Waals surface area (Å²) in [7, 11) is 1.79. The summed E-state index contributed by atoms with van der Waals surface area (Å²) in [6, 6.07) is 13.9. The molecule has 0 fully saturated rings. The maximum absolute atomic E-state index is 13.3. The monoisotopic (exact) mass is 467 g/mol. The van der Waals surface area contributed by atoms with Crippen molar-refractivity contribution in [3.05, 3.63) is 72.0 Å². The molecular weight excluding hydrogens is 445 g/mol. The van der Waals surface area contributed by atoms with Crippen molar-refractivity contribution in [1.29, 1.82) is 0 Å². The Bertz CT molecular complexity index is 1220. The van der Waals surface area contributed by atoms with E-state index in [2.05, 4.69) is 21.8 Å². The quantitative estimate of drug-likeness (QED) is 0.264. The van der Waals surface area contributed by atoms with Gasteiger partial charge < -0.3 is 4.90 Å². The number of fused-ring (bicyclic) bond motifs is 1. The Hall–Kier alpha value is -3.04. The number of halogens is 1. The van der Waals surface area contributed by atoms with E-state index < -0.39 is 0 Å². The van der Waals surface area contributed by atoms with Gasteiger partial charge in [-0.2, -0.15) is 0 Å². The van der Waals surface area contributed by atoms with Gasteiger partial charge in [0.2, 0.25) is 5.91 Å². The molecule has 2 aromatic heterocycles. The minimum Gasteiger partial charge on any atom is -0.336 e. The number of hydrogen-bond donors (Lipinski definition) is 0. The summed E-state index contributed by atoms with van der Waals surface area (Å²) in [4.78, 5) is 19.3. The number of hydrogen-bond acceptors (Lipinski definition) is 6. The van der Waals surface area contributed by atoms with Crippen LogP contribution in [0, 0.1) is 5.82 Å². The molecule has 2 heterocycles. The number of carbonyl (C=O) groups is 1. The second kappa shape index (κ2) is 9.62. The molecule has 1 atom stereocenters. The van der Waals surface area contributed by atoms with Crippen LogP contribution in [0.4, 0.5) is 4.39 Å². The van der Waals surface area contributed by atoms with Crippen molar-refractivity contribution >= 4 is 39.2 Å². The van der Waals surface area contributed by atoms with Crippen LogP contribution in [0.1, 0.15) is 18.0 Å². The van der Waals surface area contributed by atoms with Gasteiger partial charge in [0.25, 0.3) is 0 Å². The lowest BCUT2D eigenvalue weighted by molar-refractivity contribution is -0.128. The number of benzene rings is 2. The molecule has 0 aliphatic rings. The van der Waals surface area contributed by atoms with E-state index in [1.54, 1.807) is 41.5 Å².